The Bertz CT molecular complexity index is 489. The van der Waals surface area contributed by atoms with E-state index in [0.717, 1.165) is 38.9 Å². The van der Waals surface area contributed by atoms with Crippen LogP contribution in [0.2, 0.25) is 0 Å². The van der Waals surface area contributed by atoms with E-state index in [2.05, 4.69) is 27.4 Å². The van der Waals surface area contributed by atoms with Gasteiger partial charge in [0.15, 0.2) is 0 Å². The molecular weight excluding hydrogens is 234 g/mol. The van der Waals surface area contributed by atoms with Crippen molar-refractivity contribution in [1.82, 2.24) is 20.5 Å². The minimum absolute atomic E-state index is 0.262. The predicted molar refractivity (Wildman–Crippen MR) is 69.0 cm³/mol. The van der Waals surface area contributed by atoms with E-state index in [-0.39, 0.29) is 6.04 Å². The molecular formula is C11H19N5O2. The van der Waals surface area contributed by atoms with Gasteiger partial charge in [-0.2, -0.15) is 0 Å². The molecule has 1 aliphatic heterocycles. The first kappa shape index (κ1) is 12.8. The fraction of sp³-hybridized carbons (Fsp3) is 0.727. The van der Waals surface area contributed by atoms with Gasteiger partial charge in [0.1, 0.15) is 0 Å². The van der Waals surface area contributed by atoms with Crippen LogP contribution in [-0.2, 0) is 0 Å². The van der Waals surface area contributed by atoms with E-state index in [1.807, 2.05) is 4.90 Å². The SMILES string of the molecule is CCCN(c1n[nH]c(=O)[nH]c1=O)C1CCCNC1. The molecule has 0 radical (unpaired) electrons. The van der Waals surface area contributed by atoms with E-state index in [1.165, 1.54) is 0 Å². The van der Waals surface area contributed by atoms with Gasteiger partial charge in [-0.05, 0) is 25.8 Å². The summed E-state index contributed by atoms with van der Waals surface area (Å²) >= 11 is 0. The van der Waals surface area contributed by atoms with E-state index in [1.54, 1.807) is 0 Å². The summed E-state index contributed by atoms with van der Waals surface area (Å²) in [6.07, 6.45) is 3.05. The molecule has 2 rings (SSSR count). The van der Waals surface area contributed by atoms with Crippen LogP contribution in [0.25, 0.3) is 0 Å². The number of nitrogens with zero attached hydrogens (tertiary/aromatic N) is 2. The molecule has 0 amide bonds. The van der Waals surface area contributed by atoms with Crippen molar-refractivity contribution < 1.29 is 0 Å². The largest absolute Gasteiger partial charge is 0.346 e. The maximum absolute atomic E-state index is 11.8. The molecule has 7 heteroatoms. The van der Waals surface area contributed by atoms with E-state index < -0.39 is 11.2 Å². The molecule has 0 spiro atoms. The van der Waals surface area contributed by atoms with Gasteiger partial charge in [-0.1, -0.05) is 6.92 Å². The van der Waals surface area contributed by atoms with Crippen LogP contribution in [-0.4, -0.2) is 40.9 Å². The zero-order chi connectivity index (χ0) is 13.0. The van der Waals surface area contributed by atoms with Crippen molar-refractivity contribution in [3.05, 3.63) is 20.8 Å². The number of aromatic amines is 2. The van der Waals surface area contributed by atoms with Gasteiger partial charge in [-0.15, -0.1) is 5.10 Å². The summed E-state index contributed by atoms with van der Waals surface area (Å²) in [5.41, 5.74) is -0.986. The van der Waals surface area contributed by atoms with Gasteiger partial charge in [0.25, 0.3) is 5.56 Å². The topological polar surface area (TPSA) is 93.9 Å². The molecule has 7 nitrogen and oxygen atoms in total. The highest BCUT2D eigenvalue weighted by atomic mass is 16.2. The minimum atomic E-state index is -0.568. The number of anilines is 1. The molecule has 0 aromatic carbocycles. The third-order valence-electron chi connectivity index (χ3n) is 3.14. The maximum atomic E-state index is 11.8. The number of rotatable bonds is 4. The van der Waals surface area contributed by atoms with E-state index in [4.69, 9.17) is 0 Å². The van der Waals surface area contributed by atoms with E-state index in [9.17, 15) is 9.59 Å². The molecule has 1 aromatic rings. The smallest absolute Gasteiger partial charge is 0.342 e. The van der Waals surface area contributed by atoms with Gasteiger partial charge in [0.05, 0.1) is 0 Å². The van der Waals surface area contributed by atoms with Crippen LogP contribution in [0.3, 0.4) is 0 Å². The second-order valence-corrected chi connectivity index (χ2v) is 4.52. The number of H-pyrrole nitrogens is 2. The average Bonchev–Trinajstić information content (AvgIpc) is 2.38. The summed E-state index contributed by atoms with van der Waals surface area (Å²) in [7, 11) is 0. The number of piperidine rings is 1. The van der Waals surface area contributed by atoms with Crippen LogP contribution in [0.15, 0.2) is 9.59 Å². The highest BCUT2D eigenvalue weighted by Crippen LogP contribution is 2.14. The van der Waals surface area contributed by atoms with Gasteiger partial charge in [-0.25, -0.2) is 9.89 Å². The molecule has 3 N–H and O–H groups in total. The molecule has 0 aliphatic carbocycles. The monoisotopic (exact) mass is 253 g/mol. The Kier molecular flexibility index (Phi) is 4.14. The molecule has 2 heterocycles. The second kappa shape index (κ2) is 5.81. The fourth-order valence-corrected chi connectivity index (χ4v) is 2.34. The van der Waals surface area contributed by atoms with Crippen molar-refractivity contribution in [1.29, 1.82) is 0 Å². The van der Waals surface area contributed by atoms with Crippen molar-refractivity contribution in [3.8, 4) is 0 Å². The molecule has 1 unspecified atom stereocenters. The molecule has 1 saturated heterocycles. The first-order valence-electron chi connectivity index (χ1n) is 6.38. The second-order valence-electron chi connectivity index (χ2n) is 4.52. The maximum Gasteiger partial charge on any atom is 0.342 e. The molecule has 1 aliphatic rings. The lowest BCUT2D eigenvalue weighted by atomic mass is 10.1. The van der Waals surface area contributed by atoms with Gasteiger partial charge in [0.2, 0.25) is 5.82 Å². The summed E-state index contributed by atoms with van der Waals surface area (Å²) in [5, 5.41) is 9.51. The van der Waals surface area contributed by atoms with Crippen LogP contribution < -0.4 is 21.5 Å². The summed E-state index contributed by atoms with van der Waals surface area (Å²) in [6, 6.07) is 0.262. The standard InChI is InChI=1S/C11H19N5O2/c1-2-6-16(8-4-3-5-12-7-8)9-10(17)13-11(18)15-14-9/h8,12H,2-7H2,1H3,(H2,13,15,17,18). The molecule has 1 atom stereocenters. The van der Waals surface area contributed by atoms with Crippen molar-refractivity contribution in [2.45, 2.75) is 32.2 Å². The molecule has 1 fully saturated rings. The zero-order valence-corrected chi connectivity index (χ0v) is 10.5. The number of aromatic nitrogens is 3. The van der Waals surface area contributed by atoms with Crippen molar-refractivity contribution in [3.63, 3.8) is 0 Å². The first-order valence-corrected chi connectivity index (χ1v) is 6.38. The number of nitrogens with one attached hydrogen (secondary N) is 3. The van der Waals surface area contributed by atoms with Crippen LogP contribution >= 0.6 is 0 Å². The van der Waals surface area contributed by atoms with E-state index in [0.29, 0.717) is 5.82 Å². The van der Waals surface area contributed by atoms with Gasteiger partial charge in [-0.3, -0.25) is 9.78 Å². The minimum Gasteiger partial charge on any atom is -0.346 e. The lowest BCUT2D eigenvalue weighted by molar-refractivity contribution is 0.427. The lowest BCUT2D eigenvalue weighted by Crippen LogP contribution is -2.49. The molecule has 0 bridgehead atoms. The van der Waals surface area contributed by atoms with Crippen LogP contribution in [0.5, 0.6) is 0 Å². The fourth-order valence-electron chi connectivity index (χ4n) is 2.34. The highest BCUT2D eigenvalue weighted by Gasteiger charge is 2.23. The Morgan fingerprint density at radius 3 is 2.89 bits per heavy atom. The normalized spacial score (nSPS) is 19.7. The Labute approximate surface area is 105 Å². The van der Waals surface area contributed by atoms with Gasteiger partial charge < -0.3 is 10.2 Å². The van der Waals surface area contributed by atoms with Crippen molar-refractivity contribution in [2.75, 3.05) is 24.5 Å². The number of hydrogen-bond donors (Lipinski definition) is 3. The first-order chi connectivity index (χ1) is 8.72. The van der Waals surface area contributed by atoms with Crippen LogP contribution in [0.4, 0.5) is 5.82 Å². The summed E-state index contributed by atoms with van der Waals surface area (Å²) in [5.74, 6) is 0.310. The quantitative estimate of drug-likeness (QED) is 0.668. The van der Waals surface area contributed by atoms with Crippen LogP contribution in [0, 0.1) is 0 Å². The average molecular weight is 253 g/mol. The predicted octanol–water partition coefficient (Wildman–Crippen LogP) is -0.573. The zero-order valence-electron chi connectivity index (χ0n) is 10.5. The van der Waals surface area contributed by atoms with Crippen LogP contribution in [0.1, 0.15) is 26.2 Å². The summed E-state index contributed by atoms with van der Waals surface area (Å²) in [4.78, 5) is 27.0. The Balaban J connectivity index is 2.28. The van der Waals surface area contributed by atoms with Crippen molar-refractivity contribution in [2.24, 2.45) is 0 Å². The molecule has 0 saturated carbocycles. The van der Waals surface area contributed by atoms with Gasteiger partial charge in [0, 0.05) is 19.1 Å². The summed E-state index contributed by atoms with van der Waals surface area (Å²) in [6.45, 7) is 4.68. The molecule has 18 heavy (non-hydrogen) atoms. The Morgan fingerprint density at radius 2 is 2.28 bits per heavy atom. The third kappa shape index (κ3) is 2.79. The Hall–Kier alpha value is -1.63. The highest BCUT2D eigenvalue weighted by molar-refractivity contribution is 5.36. The summed E-state index contributed by atoms with van der Waals surface area (Å²) < 4.78 is 0. The molecule has 1 aromatic heterocycles. The number of hydrogen-bond acceptors (Lipinski definition) is 5. The lowest BCUT2D eigenvalue weighted by Gasteiger charge is -2.34. The van der Waals surface area contributed by atoms with Gasteiger partial charge >= 0.3 is 5.69 Å². The molecule has 100 valence electrons. The van der Waals surface area contributed by atoms with E-state index >= 15 is 0 Å². The Morgan fingerprint density at radius 1 is 1.44 bits per heavy atom. The third-order valence-corrected chi connectivity index (χ3v) is 3.14. The van der Waals surface area contributed by atoms with Crippen molar-refractivity contribution >= 4 is 5.82 Å².